The molecule has 0 N–H and O–H groups in total. The second-order valence-electron chi connectivity index (χ2n) is 19.9. The number of fused-ring (bicyclic) bond motifs is 12. The second kappa shape index (κ2) is 16.9. The summed E-state index contributed by atoms with van der Waals surface area (Å²) in [4.78, 5) is 15.4. The molecule has 77 heavy (non-hydrogen) atoms. The Balaban J connectivity index is 0.878. The largest absolute Gasteiger partial charge is 0.455 e. The average molecular weight is 1000 g/mol. The molecule has 360 valence electrons. The molecule has 7 aromatic heterocycles. The third kappa shape index (κ3) is 6.46. The molecule has 0 saturated heterocycles. The van der Waals surface area contributed by atoms with Crippen LogP contribution >= 0.6 is 0 Å². The summed E-state index contributed by atoms with van der Waals surface area (Å²) in [6.07, 6.45) is 7.74. The number of aromatic nitrogens is 5. The smallest absolute Gasteiger partial charge is 0.233 e. The molecule has 0 amide bonds. The van der Waals surface area contributed by atoms with Gasteiger partial charge in [0.25, 0.3) is 0 Å². The van der Waals surface area contributed by atoms with Gasteiger partial charge in [-0.2, -0.15) is 0 Å². The molecule has 0 saturated carbocycles. The number of rotatable bonds is 8. The zero-order valence-corrected chi connectivity index (χ0v) is 42.4. The standard InChI is InChI=1S/C69H43N5O2Si/c1-5-15-48(16-6-1)73-60-24-14-13-23-52(60)56-39-44(25-29-61(56)73)46-27-31-64-58(41-46)54-34-37-71-68(66(54)75-64)77(50-19-9-3-10-20-50,51-21-11-4-12-22-51)69-67-55(35-38-72-69)59-42-47(28-32-65(59)76-67)45-26-30-62-57(40-45)53-33-36-70-43-63(53)74(62)49-17-7-2-8-18-49/h1-43H. The van der Waals surface area contributed by atoms with Crippen LogP contribution in [0.5, 0.6) is 0 Å². The first-order valence-corrected chi connectivity index (χ1v) is 28.0. The number of pyridine rings is 3. The van der Waals surface area contributed by atoms with E-state index in [1.807, 2.05) is 24.8 Å². The van der Waals surface area contributed by atoms with Gasteiger partial charge in [-0.05, 0) is 130 Å². The molecule has 0 aliphatic carbocycles. The molecular formula is C69H43N5O2Si. The fraction of sp³-hybridized carbons (Fsp3) is 0. The summed E-state index contributed by atoms with van der Waals surface area (Å²) < 4.78 is 19.0. The SMILES string of the molecule is c1ccc(-n2c3ccccc3c3cc(-c4ccc5oc6c([Si](c7ccccc7)(c7ccccc7)c7nccc8c7oc7ccc(-c9ccc%10c(c9)c9ccncc9n%10-c9ccccc9)cc78)nccc6c5c4)ccc32)cc1. The number of hydrogen-bond donors (Lipinski definition) is 0. The number of benzene rings is 9. The van der Waals surface area contributed by atoms with Crippen LogP contribution in [0.3, 0.4) is 0 Å². The molecule has 0 radical (unpaired) electrons. The van der Waals surface area contributed by atoms with Gasteiger partial charge in [0.2, 0.25) is 8.07 Å². The van der Waals surface area contributed by atoms with Crippen LogP contribution in [-0.2, 0) is 0 Å². The van der Waals surface area contributed by atoms with Crippen LogP contribution in [0.25, 0.3) is 121 Å². The molecular weight excluding hydrogens is 959 g/mol. The van der Waals surface area contributed by atoms with Gasteiger partial charge in [0, 0.05) is 73.1 Å². The van der Waals surface area contributed by atoms with Gasteiger partial charge in [0.05, 0.1) is 38.9 Å². The minimum absolute atomic E-state index is 0.745. The Kier molecular flexibility index (Phi) is 9.52. The van der Waals surface area contributed by atoms with Crippen molar-refractivity contribution in [3.63, 3.8) is 0 Å². The Morgan fingerprint density at radius 2 is 0.714 bits per heavy atom. The minimum Gasteiger partial charge on any atom is -0.455 e. The zero-order chi connectivity index (χ0) is 50.6. The monoisotopic (exact) mass is 1000 g/mol. The van der Waals surface area contributed by atoms with Gasteiger partial charge in [0.1, 0.15) is 11.2 Å². The molecule has 0 aliphatic rings. The predicted molar refractivity (Wildman–Crippen MR) is 318 cm³/mol. The number of hydrogen-bond acceptors (Lipinski definition) is 5. The van der Waals surface area contributed by atoms with Crippen LogP contribution in [0, 0.1) is 0 Å². The van der Waals surface area contributed by atoms with Gasteiger partial charge in [-0.25, -0.2) is 0 Å². The molecule has 0 bridgehead atoms. The highest BCUT2D eigenvalue weighted by molar-refractivity contribution is 7.20. The Labute approximate surface area is 442 Å². The number of furan rings is 2. The van der Waals surface area contributed by atoms with E-state index in [2.05, 4.69) is 251 Å². The minimum atomic E-state index is -3.49. The molecule has 16 rings (SSSR count). The van der Waals surface area contributed by atoms with Crippen molar-refractivity contribution in [3.8, 4) is 33.6 Å². The van der Waals surface area contributed by atoms with Gasteiger partial charge < -0.3 is 18.0 Å². The van der Waals surface area contributed by atoms with E-state index in [1.54, 1.807) is 0 Å². The molecule has 0 aliphatic heterocycles. The Hall–Kier alpha value is -10.2. The molecule has 16 aromatic rings. The molecule has 0 atom stereocenters. The molecule has 9 aromatic carbocycles. The van der Waals surface area contributed by atoms with Crippen molar-refractivity contribution in [3.05, 3.63) is 261 Å². The van der Waals surface area contributed by atoms with Gasteiger partial charge >= 0.3 is 0 Å². The second-order valence-corrected chi connectivity index (χ2v) is 23.5. The first kappa shape index (κ1) is 43.3. The highest BCUT2D eigenvalue weighted by Gasteiger charge is 2.49. The summed E-state index contributed by atoms with van der Waals surface area (Å²) in [5.41, 5.74) is 14.3. The molecule has 0 fully saturated rings. The lowest BCUT2D eigenvalue weighted by Gasteiger charge is -2.31. The van der Waals surface area contributed by atoms with E-state index in [4.69, 9.17) is 18.8 Å². The van der Waals surface area contributed by atoms with Crippen molar-refractivity contribution >= 4 is 117 Å². The Morgan fingerprint density at radius 1 is 0.312 bits per heavy atom. The van der Waals surface area contributed by atoms with Gasteiger partial charge in [-0.1, -0.05) is 140 Å². The van der Waals surface area contributed by atoms with Crippen LogP contribution in [0.15, 0.2) is 270 Å². The number of para-hydroxylation sites is 3. The van der Waals surface area contributed by atoms with E-state index in [0.717, 1.165) is 115 Å². The van der Waals surface area contributed by atoms with E-state index >= 15 is 0 Å². The quantitative estimate of drug-likeness (QED) is 0.142. The van der Waals surface area contributed by atoms with Crippen molar-refractivity contribution in [2.45, 2.75) is 0 Å². The highest BCUT2D eigenvalue weighted by Crippen LogP contribution is 2.40. The fourth-order valence-corrected chi connectivity index (χ4v) is 17.0. The molecule has 0 unspecified atom stereocenters. The maximum Gasteiger partial charge on any atom is 0.233 e. The summed E-state index contributed by atoms with van der Waals surface area (Å²) in [6.45, 7) is 0. The van der Waals surface area contributed by atoms with Crippen molar-refractivity contribution < 1.29 is 8.83 Å². The van der Waals surface area contributed by atoms with Crippen LogP contribution in [0.1, 0.15) is 0 Å². The Morgan fingerprint density at radius 3 is 1.23 bits per heavy atom. The molecule has 8 heteroatoms. The van der Waals surface area contributed by atoms with Crippen molar-refractivity contribution in [2.24, 2.45) is 0 Å². The lowest BCUT2D eigenvalue weighted by atomic mass is 10.0. The van der Waals surface area contributed by atoms with Crippen LogP contribution < -0.4 is 21.0 Å². The third-order valence-electron chi connectivity index (χ3n) is 15.8. The fourth-order valence-electron chi connectivity index (χ4n) is 12.4. The van der Waals surface area contributed by atoms with Crippen molar-refractivity contribution in [1.82, 2.24) is 24.1 Å². The third-order valence-corrected chi connectivity index (χ3v) is 20.4. The molecule has 0 spiro atoms. The molecule has 7 nitrogen and oxygen atoms in total. The van der Waals surface area contributed by atoms with Crippen LogP contribution in [0.4, 0.5) is 0 Å². The summed E-state index contributed by atoms with van der Waals surface area (Å²) in [7, 11) is -3.49. The maximum absolute atomic E-state index is 7.15. The maximum atomic E-state index is 7.15. The Bertz CT molecular complexity index is 4670. The van der Waals surface area contributed by atoms with Crippen LogP contribution in [0.2, 0.25) is 0 Å². The summed E-state index contributed by atoms with van der Waals surface area (Å²) in [5, 5.41) is 12.8. The first-order chi connectivity index (χ1) is 38.2. The highest BCUT2D eigenvalue weighted by atomic mass is 28.3. The van der Waals surface area contributed by atoms with Crippen LogP contribution in [-0.4, -0.2) is 32.2 Å². The average Bonchev–Trinajstić information content (AvgIpc) is 4.48. The predicted octanol–water partition coefficient (Wildman–Crippen LogP) is 14.6. The summed E-state index contributed by atoms with van der Waals surface area (Å²) in [5.74, 6) is 0. The summed E-state index contributed by atoms with van der Waals surface area (Å²) >= 11 is 0. The van der Waals surface area contributed by atoms with Crippen molar-refractivity contribution in [2.75, 3.05) is 0 Å². The zero-order valence-electron chi connectivity index (χ0n) is 41.4. The van der Waals surface area contributed by atoms with E-state index in [9.17, 15) is 0 Å². The first-order valence-electron chi connectivity index (χ1n) is 26.0. The lowest BCUT2D eigenvalue weighted by molar-refractivity contribution is 0.669. The van der Waals surface area contributed by atoms with E-state index in [-0.39, 0.29) is 0 Å². The van der Waals surface area contributed by atoms with E-state index in [0.29, 0.717) is 0 Å². The topological polar surface area (TPSA) is 74.8 Å². The van der Waals surface area contributed by atoms with E-state index < -0.39 is 8.07 Å². The van der Waals surface area contributed by atoms with Gasteiger partial charge in [-0.15, -0.1) is 0 Å². The molecule has 7 heterocycles. The lowest BCUT2D eigenvalue weighted by Crippen LogP contribution is -2.76. The summed E-state index contributed by atoms with van der Waals surface area (Å²) in [6, 6.07) is 84.4. The van der Waals surface area contributed by atoms with Gasteiger partial charge in [-0.3, -0.25) is 15.0 Å². The van der Waals surface area contributed by atoms with Crippen molar-refractivity contribution in [1.29, 1.82) is 0 Å². The number of nitrogens with zero attached hydrogens (tertiary/aromatic N) is 5. The normalized spacial score (nSPS) is 12.2. The van der Waals surface area contributed by atoms with Gasteiger partial charge in [0.15, 0.2) is 11.2 Å². The van der Waals surface area contributed by atoms with E-state index in [1.165, 1.54) is 27.2 Å².